The highest BCUT2D eigenvalue weighted by Gasteiger charge is 3.00. The quantitative estimate of drug-likeness (QED) is 0.0907. The molecule has 424 valence electrons. The Hall–Kier alpha value is -2.70. The van der Waals surface area contributed by atoms with E-state index in [4.69, 9.17) is 0 Å². The van der Waals surface area contributed by atoms with Crippen LogP contribution in [0.5, 0.6) is 0 Å². The lowest BCUT2D eigenvalue weighted by Gasteiger charge is -2.45. The van der Waals surface area contributed by atoms with Crippen molar-refractivity contribution in [3.63, 3.8) is 0 Å². The lowest BCUT2D eigenvalue weighted by molar-refractivity contribution is -0.472. The topological polar surface area (TPSA) is 172 Å². The molecule has 0 aliphatic heterocycles. The Morgan fingerprint density at radius 2 is 0.414 bits per heavy atom. The van der Waals surface area contributed by atoms with Gasteiger partial charge in [0.15, 0.2) is 0 Å². The van der Waals surface area contributed by atoms with Crippen LogP contribution in [0.4, 0.5) is 167 Å². The van der Waals surface area contributed by atoms with Crippen LogP contribution < -0.4 is 22.1 Å². The Morgan fingerprint density at radius 3 is 0.557 bits per heavy atom. The largest absolute Gasteiger partial charge is 0.566 e. The average Bonchev–Trinajstić information content (AvgIpc) is 3.07. The molecule has 48 heteroatoms. The monoisotopic (exact) mass is 1190 g/mol. The summed E-state index contributed by atoms with van der Waals surface area (Å²) in [6.07, 6.45) is -39.5. The Bertz CT molecular complexity index is 1620. The Kier molecular flexibility index (Phi) is 21.7. The van der Waals surface area contributed by atoms with E-state index in [1.165, 1.54) is 0 Å². The van der Waals surface area contributed by atoms with E-state index in [9.17, 15) is 186 Å². The van der Waals surface area contributed by atoms with E-state index in [1.54, 1.807) is 0 Å². The maximum Gasteiger partial charge on any atom is 0.488 e. The molecular formula is C22H16F38N2O6P2+2. The first kappa shape index (κ1) is 73.8. The first-order valence-electron chi connectivity index (χ1n) is 14.6. The fourth-order valence-corrected chi connectivity index (χ4v) is 4.40. The molecule has 70 heavy (non-hydrogen) atoms. The number of alkyl halides is 38. The highest BCUT2D eigenvalue weighted by atomic mass is 31.1. The molecule has 0 aliphatic carbocycles. The van der Waals surface area contributed by atoms with Gasteiger partial charge in [0.2, 0.25) is 0 Å². The summed E-state index contributed by atoms with van der Waals surface area (Å²) in [6.45, 7) is -4.55. The minimum Gasteiger partial charge on any atom is -0.566 e. The number of rotatable bonds is 20. The number of hydrogen-bond donors (Lipinski definition) is 2. The number of hydrogen-bond acceptors (Lipinski definition) is 6. The maximum atomic E-state index is 13.4. The van der Waals surface area contributed by atoms with Gasteiger partial charge in [0.05, 0.1) is 0 Å². The zero-order valence-electron chi connectivity index (χ0n) is 31.5. The number of quaternary nitrogens is 2. The van der Waals surface area contributed by atoms with Gasteiger partial charge in [-0.25, -0.2) is 8.78 Å². The van der Waals surface area contributed by atoms with Gasteiger partial charge in [0, 0.05) is 12.8 Å². The summed E-state index contributed by atoms with van der Waals surface area (Å²) in [5, 5.41) is 0. The summed E-state index contributed by atoms with van der Waals surface area (Å²) in [6, 6.07) is 0. The first-order chi connectivity index (χ1) is 28.8. The Labute approximate surface area is 358 Å². The van der Waals surface area contributed by atoms with Crippen LogP contribution in [0.25, 0.3) is 0 Å². The van der Waals surface area contributed by atoms with Crippen molar-refractivity contribution >= 4 is 16.5 Å². The van der Waals surface area contributed by atoms with Crippen LogP contribution in [-0.4, -0.2) is 120 Å². The Morgan fingerprint density at radius 1 is 0.271 bits per heavy atom. The van der Waals surface area contributed by atoms with Gasteiger partial charge < -0.3 is 22.1 Å². The van der Waals surface area contributed by atoms with Crippen LogP contribution in [-0.2, 0) is 18.2 Å². The highest BCUT2D eigenvalue weighted by Crippen LogP contribution is 2.68. The third-order valence-corrected chi connectivity index (χ3v) is 8.51. The predicted octanol–water partition coefficient (Wildman–Crippen LogP) is 12.9. The molecule has 0 amide bonds. The molecule has 0 radical (unpaired) electrons. The van der Waals surface area contributed by atoms with Crippen molar-refractivity contribution in [1.29, 1.82) is 0 Å². The fraction of sp³-hybridized carbons (Fsp3) is 1.00. The second-order valence-corrected chi connectivity index (χ2v) is 13.5. The predicted molar refractivity (Wildman–Crippen MR) is 140 cm³/mol. The Balaban J connectivity index is -0.000000605. The molecule has 0 aromatic carbocycles. The summed E-state index contributed by atoms with van der Waals surface area (Å²) in [7, 11) is -8.39. The van der Waals surface area contributed by atoms with Gasteiger partial charge in [-0.2, -0.15) is 158 Å². The van der Waals surface area contributed by atoms with Gasteiger partial charge >= 0.3 is 124 Å². The van der Waals surface area contributed by atoms with Crippen molar-refractivity contribution < 1.29 is 195 Å². The summed E-state index contributed by atoms with van der Waals surface area (Å²) in [5.74, 6) is -101. The summed E-state index contributed by atoms with van der Waals surface area (Å²) in [5.41, 5.74) is -17.6. The average molecular weight is 1190 g/mol. The number of halogens is 38. The van der Waals surface area contributed by atoms with Crippen LogP contribution in [0.2, 0.25) is 0 Å². The van der Waals surface area contributed by atoms with Crippen molar-refractivity contribution in [2.24, 2.45) is 0 Å². The first-order valence-corrected chi connectivity index (χ1v) is 16.8. The van der Waals surface area contributed by atoms with Crippen LogP contribution in [0, 0.1) is 0 Å². The standard InChI is InChI=1S/2C11H4F19O3P.2H3N/c2*12-3(13,1-2-33-34(31)32)5(15,16)7(19,20)9(23,24)8(21,22)6(17,18)4(14,10(25,26)27)11(28,29)30;;/h2*1-2H2;2*1H3/p+2. The lowest BCUT2D eigenvalue weighted by Crippen LogP contribution is -2.77. The molecule has 8 N–H and O–H groups in total. The van der Waals surface area contributed by atoms with Crippen LogP contribution in [0.15, 0.2) is 0 Å². The maximum absolute atomic E-state index is 13.4. The molecule has 0 aromatic heterocycles. The molecule has 0 rings (SSSR count). The zero-order chi connectivity index (χ0) is 56.4. The molecule has 8 nitrogen and oxygen atoms in total. The molecule has 0 spiro atoms. The third-order valence-electron chi connectivity index (χ3n) is 7.73. The molecule has 0 saturated heterocycles. The molecule has 0 bridgehead atoms. The van der Waals surface area contributed by atoms with Gasteiger partial charge in [-0.15, -0.1) is 9.05 Å². The summed E-state index contributed by atoms with van der Waals surface area (Å²) < 4.78 is 521. The summed E-state index contributed by atoms with van der Waals surface area (Å²) in [4.78, 5) is 19.8. The van der Waals surface area contributed by atoms with E-state index < -0.39 is 150 Å². The molecule has 0 fully saturated rings. The molecule has 2 atom stereocenters. The SMILES string of the molecule is O=[P+]([O-])OCCC(F)(F)C(F)(F)C(F)(F)C(F)(F)C(F)(F)C(F)(F)C(F)(C(F)(F)F)C(F)(F)F.O=[P+]([O-])OCCC(F)(F)C(F)(F)C(F)(F)C(F)(F)C(F)(F)C(F)(F)C(F)(C(F)(F)F)C(F)(F)F.[NH4+].[NH4+]. The zero-order valence-corrected chi connectivity index (χ0v) is 33.3. The van der Waals surface area contributed by atoms with Crippen molar-refractivity contribution in [3.05, 3.63) is 0 Å². The van der Waals surface area contributed by atoms with Crippen molar-refractivity contribution in [2.45, 2.75) is 120 Å². The third kappa shape index (κ3) is 11.2. The van der Waals surface area contributed by atoms with Crippen molar-refractivity contribution in [2.75, 3.05) is 13.2 Å². The minimum absolute atomic E-state index is 0. The smallest absolute Gasteiger partial charge is 0.488 e. The molecular weight excluding hydrogens is 1170 g/mol. The van der Waals surface area contributed by atoms with E-state index in [0.717, 1.165) is 0 Å². The second kappa shape index (κ2) is 20.5. The summed E-state index contributed by atoms with van der Waals surface area (Å²) >= 11 is 0. The van der Waals surface area contributed by atoms with Gasteiger partial charge in [0.25, 0.3) is 0 Å². The normalized spacial score (nSPS) is 16.2. The van der Waals surface area contributed by atoms with Crippen molar-refractivity contribution in [1.82, 2.24) is 12.3 Å². The van der Waals surface area contributed by atoms with Crippen LogP contribution in [0.3, 0.4) is 0 Å². The van der Waals surface area contributed by atoms with E-state index >= 15 is 0 Å². The highest BCUT2D eigenvalue weighted by molar-refractivity contribution is 7.30. The van der Waals surface area contributed by atoms with Crippen LogP contribution >= 0.6 is 16.5 Å². The van der Waals surface area contributed by atoms with Gasteiger partial charge in [0.1, 0.15) is 13.2 Å². The second-order valence-electron chi connectivity index (χ2n) is 12.1. The van der Waals surface area contributed by atoms with E-state index in [-0.39, 0.29) is 12.3 Å². The molecule has 0 aromatic rings. The van der Waals surface area contributed by atoms with E-state index in [0.29, 0.717) is 0 Å². The van der Waals surface area contributed by atoms with Crippen LogP contribution in [0.1, 0.15) is 12.8 Å². The fourth-order valence-electron chi connectivity index (χ4n) is 3.92. The lowest BCUT2D eigenvalue weighted by atomic mass is 9.83. The van der Waals surface area contributed by atoms with E-state index in [2.05, 4.69) is 9.05 Å². The molecule has 0 aliphatic rings. The molecule has 2 unspecified atom stereocenters. The molecule has 0 saturated carbocycles. The van der Waals surface area contributed by atoms with Gasteiger partial charge in [-0.3, -0.25) is 0 Å². The molecule has 0 heterocycles. The van der Waals surface area contributed by atoms with Gasteiger partial charge in [-0.05, 0) is 9.13 Å². The van der Waals surface area contributed by atoms with Crippen molar-refractivity contribution in [3.8, 4) is 0 Å². The minimum atomic E-state index is -9.09. The van der Waals surface area contributed by atoms with Gasteiger partial charge in [-0.1, -0.05) is 0 Å². The van der Waals surface area contributed by atoms with E-state index in [1.807, 2.05) is 0 Å².